The third kappa shape index (κ3) is 2.07. The standard InChI is InChI=1S/C7H14INO/c1-7(6-10)2-4-9(8)5-3-7/h10H,2-6H2,1H3. The van der Waals surface area contributed by atoms with Crippen molar-refractivity contribution in [3.05, 3.63) is 0 Å². The Morgan fingerprint density at radius 3 is 2.40 bits per heavy atom. The van der Waals surface area contributed by atoms with Crippen molar-refractivity contribution >= 4 is 22.9 Å². The smallest absolute Gasteiger partial charge is 0.0485 e. The maximum atomic E-state index is 9.02. The summed E-state index contributed by atoms with van der Waals surface area (Å²) in [5.41, 5.74) is 0.210. The van der Waals surface area contributed by atoms with Crippen molar-refractivity contribution in [2.45, 2.75) is 19.8 Å². The third-order valence-electron chi connectivity index (χ3n) is 2.30. The molecule has 1 aliphatic heterocycles. The van der Waals surface area contributed by atoms with Crippen molar-refractivity contribution in [3.8, 4) is 0 Å². The predicted molar refractivity (Wildman–Crippen MR) is 50.0 cm³/mol. The van der Waals surface area contributed by atoms with Crippen LogP contribution in [0.4, 0.5) is 0 Å². The number of rotatable bonds is 1. The molecular formula is C7H14INO. The Morgan fingerprint density at radius 2 is 2.00 bits per heavy atom. The van der Waals surface area contributed by atoms with Crippen molar-refractivity contribution in [2.24, 2.45) is 5.41 Å². The number of nitrogens with zero attached hydrogens (tertiary/aromatic N) is 1. The first-order valence-electron chi connectivity index (χ1n) is 3.68. The highest BCUT2D eigenvalue weighted by molar-refractivity contribution is 14.1. The lowest BCUT2D eigenvalue weighted by Gasteiger charge is -2.35. The number of hydrogen-bond acceptors (Lipinski definition) is 2. The molecule has 0 aromatic heterocycles. The van der Waals surface area contributed by atoms with Crippen LogP contribution in [0.2, 0.25) is 0 Å². The summed E-state index contributed by atoms with van der Waals surface area (Å²) in [6, 6.07) is 0. The molecule has 1 saturated heterocycles. The molecule has 0 amide bonds. The molecule has 10 heavy (non-hydrogen) atoms. The lowest BCUT2D eigenvalue weighted by atomic mass is 9.82. The van der Waals surface area contributed by atoms with Gasteiger partial charge in [0.1, 0.15) is 0 Å². The number of piperidine rings is 1. The summed E-state index contributed by atoms with van der Waals surface area (Å²) in [7, 11) is 0. The largest absolute Gasteiger partial charge is 0.396 e. The molecule has 60 valence electrons. The molecule has 1 rings (SSSR count). The van der Waals surface area contributed by atoms with Gasteiger partial charge in [0.15, 0.2) is 0 Å². The Balaban J connectivity index is 2.38. The van der Waals surface area contributed by atoms with E-state index in [9.17, 15) is 0 Å². The van der Waals surface area contributed by atoms with E-state index in [2.05, 4.69) is 32.9 Å². The molecule has 0 radical (unpaired) electrons. The van der Waals surface area contributed by atoms with E-state index in [1.165, 1.54) is 0 Å². The van der Waals surface area contributed by atoms with Crippen LogP contribution < -0.4 is 0 Å². The second kappa shape index (κ2) is 3.36. The van der Waals surface area contributed by atoms with Gasteiger partial charge in [-0.25, -0.2) is 3.11 Å². The summed E-state index contributed by atoms with van der Waals surface area (Å²) in [6.45, 7) is 4.75. The minimum atomic E-state index is 0.210. The van der Waals surface area contributed by atoms with Crippen molar-refractivity contribution in [1.29, 1.82) is 0 Å². The fourth-order valence-electron chi connectivity index (χ4n) is 1.18. The molecule has 1 N–H and O–H groups in total. The van der Waals surface area contributed by atoms with E-state index in [1.54, 1.807) is 0 Å². The molecule has 0 bridgehead atoms. The summed E-state index contributed by atoms with van der Waals surface area (Å²) < 4.78 is 2.29. The van der Waals surface area contributed by atoms with Crippen molar-refractivity contribution in [1.82, 2.24) is 3.11 Å². The van der Waals surface area contributed by atoms with Gasteiger partial charge < -0.3 is 5.11 Å². The molecule has 1 fully saturated rings. The topological polar surface area (TPSA) is 23.5 Å². The van der Waals surface area contributed by atoms with Gasteiger partial charge in [0.05, 0.1) is 0 Å². The Kier molecular flexibility index (Phi) is 2.94. The zero-order valence-electron chi connectivity index (χ0n) is 6.31. The zero-order valence-corrected chi connectivity index (χ0v) is 8.47. The second-order valence-corrected chi connectivity index (χ2v) is 4.74. The molecule has 0 aromatic rings. The SMILES string of the molecule is CC1(CO)CCN(I)CC1. The predicted octanol–water partition coefficient (Wildman–Crippen LogP) is 1.43. The van der Waals surface area contributed by atoms with Crippen LogP contribution in [0.5, 0.6) is 0 Å². The first-order valence-corrected chi connectivity index (χ1v) is 4.64. The Bertz CT molecular complexity index is 110. The molecule has 0 spiro atoms. The van der Waals surface area contributed by atoms with Gasteiger partial charge in [-0.1, -0.05) is 6.92 Å². The van der Waals surface area contributed by atoms with Crippen LogP contribution >= 0.6 is 22.9 Å². The summed E-state index contributed by atoms with van der Waals surface area (Å²) in [5.74, 6) is 0. The summed E-state index contributed by atoms with van der Waals surface area (Å²) in [6.07, 6.45) is 2.26. The molecule has 0 saturated carbocycles. The van der Waals surface area contributed by atoms with E-state index in [0.717, 1.165) is 25.9 Å². The van der Waals surface area contributed by atoms with Crippen molar-refractivity contribution in [2.75, 3.05) is 19.7 Å². The Morgan fingerprint density at radius 1 is 1.50 bits per heavy atom. The van der Waals surface area contributed by atoms with Crippen LogP contribution in [-0.2, 0) is 0 Å². The van der Waals surface area contributed by atoms with Gasteiger partial charge in [-0.15, -0.1) is 0 Å². The van der Waals surface area contributed by atoms with Gasteiger partial charge in [0, 0.05) is 42.6 Å². The first kappa shape index (κ1) is 8.74. The van der Waals surface area contributed by atoms with Crippen molar-refractivity contribution in [3.63, 3.8) is 0 Å². The highest BCUT2D eigenvalue weighted by atomic mass is 127. The summed E-state index contributed by atoms with van der Waals surface area (Å²) in [5, 5.41) is 9.02. The minimum absolute atomic E-state index is 0.210. The van der Waals surface area contributed by atoms with Crippen LogP contribution in [0, 0.1) is 5.41 Å². The van der Waals surface area contributed by atoms with Crippen LogP contribution in [0.25, 0.3) is 0 Å². The highest BCUT2D eigenvalue weighted by Crippen LogP contribution is 2.30. The fourth-order valence-corrected chi connectivity index (χ4v) is 1.66. The van der Waals surface area contributed by atoms with Gasteiger partial charge >= 0.3 is 0 Å². The molecule has 0 aromatic carbocycles. The fraction of sp³-hybridized carbons (Fsp3) is 1.00. The number of aliphatic hydroxyl groups is 1. The molecule has 0 aliphatic carbocycles. The molecule has 0 atom stereocenters. The van der Waals surface area contributed by atoms with E-state index in [4.69, 9.17) is 5.11 Å². The number of halogens is 1. The summed E-state index contributed by atoms with van der Waals surface area (Å²) >= 11 is 2.34. The average molecular weight is 255 g/mol. The maximum Gasteiger partial charge on any atom is 0.0485 e. The van der Waals surface area contributed by atoms with E-state index in [-0.39, 0.29) is 5.41 Å². The summed E-state index contributed by atoms with van der Waals surface area (Å²) in [4.78, 5) is 0. The van der Waals surface area contributed by atoms with Gasteiger partial charge in [0.25, 0.3) is 0 Å². The molecular weight excluding hydrogens is 241 g/mol. The van der Waals surface area contributed by atoms with Crippen LogP contribution in [-0.4, -0.2) is 27.9 Å². The van der Waals surface area contributed by atoms with E-state index in [1.807, 2.05) is 0 Å². The molecule has 1 aliphatic rings. The Hall–Kier alpha value is 0.650. The van der Waals surface area contributed by atoms with E-state index in [0.29, 0.717) is 6.61 Å². The van der Waals surface area contributed by atoms with Gasteiger partial charge in [-0.3, -0.25) is 0 Å². The van der Waals surface area contributed by atoms with E-state index < -0.39 is 0 Å². The van der Waals surface area contributed by atoms with Gasteiger partial charge in [0.2, 0.25) is 0 Å². The van der Waals surface area contributed by atoms with Gasteiger partial charge in [-0.2, -0.15) is 0 Å². The minimum Gasteiger partial charge on any atom is -0.396 e. The zero-order chi connectivity index (χ0) is 7.61. The van der Waals surface area contributed by atoms with Crippen molar-refractivity contribution < 1.29 is 5.11 Å². The van der Waals surface area contributed by atoms with Crippen LogP contribution in [0.1, 0.15) is 19.8 Å². The lowest BCUT2D eigenvalue weighted by molar-refractivity contribution is 0.0923. The maximum absolute atomic E-state index is 9.02. The molecule has 1 heterocycles. The average Bonchev–Trinajstić information content (AvgIpc) is 1.96. The quantitative estimate of drug-likeness (QED) is 0.566. The highest BCUT2D eigenvalue weighted by Gasteiger charge is 2.28. The van der Waals surface area contributed by atoms with E-state index >= 15 is 0 Å². The molecule has 2 nitrogen and oxygen atoms in total. The molecule has 0 unspecified atom stereocenters. The Labute approximate surface area is 76.1 Å². The third-order valence-corrected chi connectivity index (χ3v) is 3.26. The second-order valence-electron chi connectivity index (χ2n) is 3.38. The van der Waals surface area contributed by atoms with Crippen LogP contribution in [0.15, 0.2) is 0 Å². The monoisotopic (exact) mass is 255 g/mol. The number of hydrogen-bond donors (Lipinski definition) is 1. The lowest BCUT2D eigenvalue weighted by Crippen LogP contribution is -2.35. The molecule has 3 heteroatoms. The number of aliphatic hydroxyl groups excluding tert-OH is 1. The normalized spacial score (nSPS) is 26.7. The van der Waals surface area contributed by atoms with Gasteiger partial charge in [-0.05, 0) is 18.3 Å². The van der Waals surface area contributed by atoms with Crippen LogP contribution in [0.3, 0.4) is 0 Å². The first-order chi connectivity index (χ1) is 4.66.